The molecule has 0 aromatic carbocycles. The molecule has 4 heteroatoms. The molecule has 0 aliphatic heterocycles. The van der Waals surface area contributed by atoms with E-state index in [0.717, 1.165) is 6.42 Å². The maximum atomic E-state index is 10.5. The molecular weight excluding hydrogens is 276 g/mol. The molecule has 0 saturated heterocycles. The number of rotatable bonds is 5. The summed E-state index contributed by atoms with van der Waals surface area (Å²) >= 11 is 0. The number of carbonyl (C=O) groups excluding carboxylic acids is 2. The van der Waals surface area contributed by atoms with Crippen molar-refractivity contribution in [2.75, 3.05) is 0 Å². The molecule has 0 radical (unpaired) electrons. The quantitative estimate of drug-likeness (QED) is 0.803. The van der Waals surface area contributed by atoms with Crippen LogP contribution in [-0.4, -0.2) is 11.8 Å². The van der Waals surface area contributed by atoms with Gasteiger partial charge in [0.2, 0.25) is 11.8 Å². The first kappa shape index (κ1) is 23.2. The summed E-state index contributed by atoms with van der Waals surface area (Å²) in [6, 6.07) is 0. The molecule has 0 spiro atoms. The second kappa shape index (κ2) is 12.5. The van der Waals surface area contributed by atoms with Gasteiger partial charge in [-0.25, -0.2) is 0 Å². The van der Waals surface area contributed by atoms with E-state index in [-0.39, 0.29) is 11.8 Å². The van der Waals surface area contributed by atoms with E-state index in [1.807, 2.05) is 13.8 Å². The van der Waals surface area contributed by atoms with Crippen molar-refractivity contribution in [3.63, 3.8) is 0 Å². The maximum absolute atomic E-state index is 10.5. The fraction of sp³-hybridized carbons (Fsp3) is 0.889. The highest BCUT2D eigenvalue weighted by atomic mass is 16.1. The zero-order valence-corrected chi connectivity index (χ0v) is 15.6. The van der Waals surface area contributed by atoms with Crippen molar-refractivity contribution in [2.45, 2.75) is 86.5 Å². The Balaban J connectivity index is 0. The van der Waals surface area contributed by atoms with Crippen LogP contribution in [0.5, 0.6) is 0 Å². The number of hydrogen-bond acceptors (Lipinski definition) is 2. The number of primary amides is 2. The van der Waals surface area contributed by atoms with Crippen LogP contribution in [-0.2, 0) is 9.59 Å². The lowest BCUT2D eigenvalue weighted by atomic mass is 9.84. The van der Waals surface area contributed by atoms with Crippen molar-refractivity contribution in [3.05, 3.63) is 0 Å². The molecule has 4 nitrogen and oxygen atoms in total. The second-order valence-electron chi connectivity index (χ2n) is 7.36. The maximum Gasteiger partial charge on any atom is 0.217 e. The van der Waals surface area contributed by atoms with E-state index >= 15 is 0 Å². The summed E-state index contributed by atoms with van der Waals surface area (Å²) in [6.07, 6.45) is 7.18. The average Bonchev–Trinajstić information content (AvgIpc) is 2.80. The minimum atomic E-state index is -0.193. The topological polar surface area (TPSA) is 86.2 Å². The Morgan fingerprint density at radius 2 is 1.50 bits per heavy atom. The van der Waals surface area contributed by atoms with Crippen LogP contribution in [0.25, 0.3) is 0 Å². The van der Waals surface area contributed by atoms with E-state index in [2.05, 4.69) is 27.7 Å². The van der Waals surface area contributed by atoms with Crippen LogP contribution < -0.4 is 11.5 Å². The standard InChI is InChI=1S/C9H19NO.C7H13NO.C2H6/c1-7(5-8(10)11)6-9(2,3)4;8-7(9)5-6-3-1-2-4-6;1-2/h7H,5-6H2,1-4H3,(H2,10,11);6H,1-5H2,(H2,8,9);1-2H3. The molecule has 1 aliphatic carbocycles. The van der Waals surface area contributed by atoms with Crippen LogP contribution in [0.15, 0.2) is 0 Å². The molecular formula is C18H38N2O2. The van der Waals surface area contributed by atoms with Gasteiger partial charge in [-0.3, -0.25) is 9.59 Å². The Bertz CT molecular complexity index is 303. The smallest absolute Gasteiger partial charge is 0.217 e. The molecule has 4 N–H and O–H groups in total. The van der Waals surface area contributed by atoms with E-state index in [4.69, 9.17) is 11.5 Å². The summed E-state index contributed by atoms with van der Waals surface area (Å²) in [5.41, 5.74) is 10.4. The second-order valence-corrected chi connectivity index (χ2v) is 7.36. The van der Waals surface area contributed by atoms with E-state index < -0.39 is 0 Å². The highest BCUT2D eigenvalue weighted by Crippen LogP contribution is 2.27. The molecule has 0 aromatic heterocycles. The summed E-state index contributed by atoms with van der Waals surface area (Å²) in [5, 5.41) is 0. The fourth-order valence-corrected chi connectivity index (χ4v) is 2.96. The fourth-order valence-electron chi connectivity index (χ4n) is 2.96. The van der Waals surface area contributed by atoms with Crippen molar-refractivity contribution < 1.29 is 9.59 Å². The largest absolute Gasteiger partial charge is 0.370 e. The Morgan fingerprint density at radius 3 is 1.82 bits per heavy atom. The lowest BCUT2D eigenvalue weighted by molar-refractivity contribution is -0.119. The van der Waals surface area contributed by atoms with Crippen LogP contribution in [0, 0.1) is 17.3 Å². The first-order chi connectivity index (χ1) is 10.1. The van der Waals surface area contributed by atoms with Crippen LogP contribution in [0.1, 0.15) is 86.5 Å². The van der Waals surface area contributed by atoms with E-state index in [9.17, 15) is 9.59 Å². The SMILES string of the molecule is CC.CC(CC(N)=O)CC(C)(C)C.NC(=O)CC1CCCC1. The predicted molar refractivity (Wildman–Crippen MR) is 94.2 cm³/mol. The third-order valence-electron chi connectivity index (χ3n) is 3.48. The summed E-state index contributed by atoms with van der Waals surface area (Å²) in [5.74, 6) is 0.693. The molecule has 1 saturated carbocycles. The van der Waals surface area contributed by atoms with Gasteiger partial charge in [-0.05, 0) is 36.5 Å². The van der Waals surface area contributed by atoms with Crippen molar-refractivity contribution in [1.29, 1.82) is 0 Å². The lowest BCUT2D eigenvalue weighted by Gasteiger charge is -2.22. The van der Waals surface area contributed by atoms with Crippen molar-refractivity contribution in [2.24, 2.45) is 28.7 Å². The Hall–Kier alpha value is -1.06. The highest BCUT2D eigenvalue weighted by molar-refractivity contribution is 5.74. The highest BCUT2D eigenvalue weighted by Gasteiger charge is 2.17. The normalized spacial score (nSPS) is 15.9. The average molecular weight is 315 g/mol. The number of carbonyl (C=O) groups is 2. The summed E-state index contributed by atoms with van der Waals surface area (Å²) in [4.78, 5) is 20.9. The predicted octanol–water partition coefficient (Wildman–Crippen LogP) is 4.01. The number of amides is 2. The number of hydrogen-bond donors (Lipinski definition) is 2. The summed E-state index contributed by atoms with van der Waals surface area (Å²) in [6.45, 7) is 12.6. The van der Waals surface area contributed by atoms with E-state index in [1.54, 1.807) is 0 Å². The Kier molecular flexibility index (Phi) is 13.2. The van der Waals surface area contributed by atoms with Crippen LogP contribution in [0.4, 0.5) is 0 Å². The first-order valence-electron chi connectivity index (χ1n) is 8.66. The van der Waals surface area contributed by atoms with Gasteiger partial charge in [-0.15, -0.1) is 0 Å². The van der Waals surface area contributed by atoms with Gasteiger partial charge >= 0.3 is 0 Å². The molecule has 1 unspecified atom stereocenters. The Labute approximate surface area is 137 Å². The van der Waals surface area contributed by atoms with Gasteiger partial charge in [0, 0.05) is 12.8 Å². The van der Waals surface area contributed by atoms with Crippen molar-refractivity contribution in [1.82, 2.24) is 0 Å². The molecule has 1 fully saturated rings. The van der Waals surface area contributed by atoms with E-state index in [1.165, 1.54) is 25.7 Å². The monoisotopic (exact) mass is 314 g/mol. The molecule has 2 amide bonds. The van der Waals surface area contributed by atoms with Crippen LogP contribution in [0.2, 0.25) is 0 Å². The molecule has 0 heterocycles. The minimum Gasteiger partial charge on any atom is -0.370 e. The van der Waals surface area contributed by atoms with Gasteiger partial charge in [0.05, 0.1) is 0 Å². The zero-order chi connectivity index (χ0) is 17.8. The lowest BCUT2D eigenvalue weighted by Crippen LogP contribution is -2.18. The zero-order valence-electron chi connectivity index (χ0n) is 15.6. The molecule has 132 valence electrons. The first-order valence-corrected chi connectivity index (χ1v) is 8.66. The third-order valence-corrected chi connectivity index (χ3v) is 3.48. The molecule has 22 heavy (non-hydrogen) atoms. The molecule has 1 atom stereocenters. The van der Waals surface area contributed by atoms with Gasteiger partial charge in [-0.2, -0.15) is 0 Å². The third kappa shape index (κ3) is 17.0. The number of nitrogens with two attached hydrogens (primary N) is 2. The van der Waals surface area contributed by atoms with Crippen molar-refractivity contribution in [3.8, 4) is 0 Å². The van der Waals surface area contributed by atoms with Crippen LogP contribution >= 0.6 is 0 Å². The Morgan fingerprint density at radius 1 is 1.05 bits per heavy atom. The van der Waals surface area contributed by atoms with Crippen molar-refractivity contribution >= 4 is 11.8 Å². The molecule has 1 rings (SSSR count). The van der Waals surface area contributed by atoms with Gasteiger partial charge in [0.15, 0.2) is 0 Å². The summed E-state index contributed by atoms with van der Waals surface area (Å²) in [7, 11) is 0. The van der Waals surface area contributed by atoms with Gasteiger partial charge in [0.25, 0.3) is 0 Å². The molecule has 1 aliphatic rings. The molecule has 0 bridgehead atoms. The van der Waals surface area contributed by atoms with E-state index in [0.29, 0.717) is 30.1 Å². The summed E-state index contributed by atoms with van der Waals surface area (Å²) < 4.78 is 0. The minimum absolute atomic E-state index is 0.137. The van der Waals surface area contributed by atoms with Gasteiger partial charge in [0.1, 0.15) is 0 Å². The van der Waals surface area contributed by atoms with Crippen LogP contribution in [0.3, 0.4) is 0 Å². The van der Waals surface area contributed by atoms with Gasteiger partial charge < -0.3 is 11.5 Å². The molecule has 0 aromatic rings. The van der Waals surface area contributed by atoms with Gasteiger partial charge in [-0.1, -0.05) is 54.4 Å².